The van der Waals surface area contributed by atoms with Crippen molar-refractivity contribution >= 4 is 11.8 Å². The summed E-state index contributed by atoms with van der Waals surface area (Å²) in [5.74, 6) is -0.191. The summed E-state index contributed by atoms with van der Waals surface area (Å²) in [4.78, 5) is 23.2. The number of carbonyl (C=O) groups is 2. The molecule has 96 valence electrons. The van der Waals surface area contributed by atoms with Crippen LogP contribution in [0.5, 0.6) is 5.75 Å². The van der Waals surface area contributed by atoms with Crippen LogP contribution in [-0.2, 0) is 16.0 Å². The Morgan fingerprint density at radius 3 is 3.06 bits per heavy atom. The molecule has 1 unspecified atom stereocenters. The molecule has 1 aliphatic heterocycles. The molecule has 1 atom stereocenters. The maximum atomic E-state index is 11.8. The number of phenols is 1. The number of hydrogen-bond acceptors (Lipinski definition) is 3. The second kappa shape index (κ2) is 5.53. The average molecular weight is 248 g/mol. The molecule has 1 heterocycles. The highest BCUT2D eigenvalue weighted by molar-refractivity contribution is 5.88. The number of piperidine rings is 1. The van der Waals surface area contributed by atoms with E-state index in [1.54, 1.807) is 24.3 Å². The average Bonchev–Trinajstić information content (AvgIpc) is 2.32. The first kappa shape index (κ1) is 12.4. The minimum Gasteiger partial charge on any atom is -0.508 e. The zero-order chi connectivity index (χ0) is 13.0. The van der Waals surface area contributed by atoms with Crippen molar-refractivity contribution in [1.82, 2.24) is 10.6 Å². The molecular weight excluding hydrogens is 232 g/mol. The van der Waals surface area contributed by atoms with Crippen LogP contribution in [0.2, 0.25) is 0 Å². The van der Waals surface area contributed by atoms with E-state index in [2.05, 4.69) is 10.6 Å². The molecule has 3 N–H and O–H groups in total. The molecule has 0 spiro atoms. The van der Waals surface area contributed by atoms with E-state index in [0.717, 1.165) is 12.0 Å². The molecule has 5 nitrogen and oxygen atoms in total. The normalized spacial score (nSPS) is 19.1. The van der Waals surface area contributed by atoms with Crippen molar-refractivity contribution in [3.63, 3.8) is 0 Å². The van der Waals surface area contributed by atoms with Crippen LogP contribution in [0.15, 0.2) is 24.3 Å². The number of aromatic hydroxyl groups is 1. The van der Waals surface area contributed by atoms with E-state index in [1.807, 2.05) is 0 Å². The van der Waals surface area contributed by atoms with Crippen molar-refractivity contribution in [2.24, 2.45) is 0 Å². The summed E-state index contributed by atoms with van der Waals surface area (Å²) in [6.45, 7) is 0.678. The van der Waals surface area contributed by atoms with Gasteiger partial charge in [-0.15, -0.1) is 0 Å². The molecule has 2 amide bonds. The molecule has 0 aromatic heterocycles. The SMILES string of the molecule is O=C(Cc1cccc(O)c1)NC1CCCNC1=O. The number of carbonyl (C=O) groups excluding carboxylic acids is 2. The molecule has 2 rings (SSSR count). The lowest BCUT2D eigenvalue weighted by Gasteiger charge is -2.22. The summed E-state index contributed by atoms with van der Waals surface area (Å²) in [5, 5.41) is 14.7. The molecule has 1 aromatic carbocycles. The van der Waals surface area contributed by atoms with E-state index >= 15 is 0 Å². The Bertz CT molecular complexity index is 459. The fourth-order valence-electron chi connectivity index (χ4n) is 2.01. The molecule has 1 saturated heterocycles. The van der Waals surface area contributed by atoms with Crippen molar-refractivity contribution < 1.29 is 14.7 Å². The lowest BCUT2D eigenvalue weighted by molar-refractivity contribution is -0.129. The molecule has 1 aromatic rings. The zero-order valence-corrected chi connectivity index (χ0v) is 9.98. The standard InChI is InChI=1S/C13H16N2O3/c16-10-4-1-3-9(7-10)8-12(17)15-11-5-2-6-14-13(11)18/h1,3-4,7,11,16H,2,5-6,8H2,(H,14,18)(H,15,17). The van der Waals surface area contributed by atoms with E-state index in [9.17, 15) is 14.7 Å². The van der Waals surface area contributed by atoms with E-state index in [0.29, 0.717) is 13.0 Å². The van der Waals surface area contributed by atoms with Gasteiger partial charge in [0.15, 0.2) is 0 Å². The van der Waals surface area contributed by atoms with Gasteiger partial charge < -0.3 is 15.7 Å². The molecular formula is C13H16N2O3. The second-order valence-electron chi connectivity index (χ2n) is 4.40. The molecule has 0 aliphatic carbocycles. The Hall–Kier alpha value is -2.04. The summed E-state index contributed by atoms with van der Waals surface area (Å²) in [6, 6.07) is 6.12. The summed E-state index contributed by atoms with van der Waals surface area (Å²) in [6.07, 6.45) is 1.72. The van der Waals surface area contributed by atoms with Gasteiger partial charge in [0.1, 0.15) is 11.8 Å². The van der Waals surface area contributed by atoms with Gasteiger partial charge in [-0.25, -0.2) is 0 Å². The summed E-state index contributed by atoms with van der Waals surface area (Å²) >= 11 is 0. The first-order valence-corrected chi connectivity index (χ1v) is 6.00. The molecule has 5 heteroatoms. The van der Waals surface area contributed by atoms with Gasteiger partial charge in [-0.05, 0) is 30.5 Å². The lowest BCUT2D eigenvalue weighted by Crippen LogP contribution is -2.50. The third-order valence-electron chi connectivity index (χ3n) is 2.90. The van der Waals surface area contributed by atoms with E-state index in [1.165, 1.54) is 0 Å². The Kier molecular flexibility index (Phi) is 3.82. The third kappa shape index (κ3) is 3.23. The highest BCUT2D eigenvalue weighted by atomic mass is 16.3. The molecule has 1 fully saturated rings. The van der Waals surface area contributed by atoms with Gasteiger partial charge >= 0.3 is 0 Å². The van der Waals surface area contributed by atoms with Crippen LogP contribution >= 0.6 is 0 Å². The Morgan fingerprint density at radius 1 is 1.50 bits per heavy atom. The number of hydrogen-bond donors (Lipinski definition) is 3. The highest BCUT2D eigenvalue weighted by Gasteiger charge is 2.23. The van der Waals surface area contributed by atoms with Crippen molar-refractivity contribution in [2.75, 3.05) is 6.54 Å². The van der Waals surface area contributed by atoms with Gasteiger partial charge in [0.05, 0.1) is 6.42 Å². The Morgan fingerprint density at radius 2 is 2.33 bits per heavy atom. The Labute approximate surface area is 105 Å². The van der Waals surface area contributed by atoms with E-state index in [-0.39, 0.29) is 24.0 Å². The molecule has 18 heavy (non-hydrogen) atoms. The number of phenolic OH excluding ortho intramolecular Hbond substituents is 1. The number of rotatable bonds is 3. The smallest absolute Gasteiger partial charge is 0.242 e. The lowest BCUT2D eigenvalue weighted by atomic mass is 10.1. The van der Waals surface area contributed by atoms with Gasteiger partial charge in [-0.2, -0.15) is 0 Å². The van der Waals surface area contributed by atoms with Crippen LogP contribution < -0.4 is 10.6 Å². The predicted molar refractivity (Wildman–Crippen MR) is 66.0 cm³/mol. The van der Waals surface area contributed by atoms with Crippen LogP contribution in [-0.4, -0.2) is 29.5 Å². The molecule has 0 radical (unpaired) electrons. The fraction of sp³-hybridized carbons (Fsp3) is 0.385. The third-order valence-corrected chi connectivity index (χ3v) is 2.90. The van der Waals surface area contributed by atoms with Crippen molar-refractivity contribution in [3.05, 3.63) is 29.8 Å². The highest BCUT2D eigenvalue weighted by Crippen LogP contribution is 2.11. The first-order chi connectivity index (χ1) is 8.65. The van der Waals surface area contributed by atoms with Crippen LogP contribution in [0.25, 0.3) is 0 Å². The molecule has 0 bridgehead atoms. The van der Waals surface area contributed by atoms with Gasteiger partial charge in [0.2, 0.25) is 11.8 Å². The largest absolute Gasteiger partial charge is 0.508 e. The van der Waals surface area contributed by atoms with Gasteiger partial charge in [-0.3, -0.25) is 9.59 Å². The van der Waals surface area contributed by atoms with E-state index < -0.39 is 6.04 Å². The maximum absolute atomic E-state index is 11.8. The van der Waals surface area contributed by atoms with Gasteiger partial charge in [0.25, 0.3) is 0 Å². The zero-order valence-electron chi connectivity index (χ0n) is 9.98. The number of nitrogens with one attached hydrogen (secondary N) is 2. The fourth-order valence-corrected chi connectivity index (χ4v) is 2.01. The topological polar surface area (TPSA) is 78.4 Å². The van der Waals surface area contributed by atoms with E-state index in [4.69, 9.17) is 0 Å². The quantitative estimate of drug-likeness (QED) is 0.721. The first-order valence-electron chi connectivity index (χ1n) is 6.00. The minimum atomic E-state index is -0.427. The van der Waals surface area contributed by atoms with Crippen LogP contribution in [0, 0.1) is 0 Å². The maximum Gasteiger partial charge on any atom is 0.242 e. The summed E-state index contributed by atoms with van der Waals surface area (Å²) in [5.41, 5.74) is 0.726. The Balaban J connectivity index is 1.90. The summed E-state index contributed by atoms with van der Waals surface area (Å²) in [7, 11) is 0. The monoisotopic (exact) mass is 248 g/mol. The van der Waals surface area contributed by atoms with Crippen molar-refractivity contribution in [1.29, 1.82) is 0 Å². The molecule has 1 aliphatic rings. The van der Waals surface area contributed by atoms with Crippen LogP contribution in [0.3, 0.4) is 0 Å². The minimum absolute atomic E-state index is 0.120. The van der Waals surface area contributed by atoms with Crippen molar-refractivity contribution in [2.45, 2.75) is 25.3 Å². The van der Waals surface area contributed by atoms with Crippen LogP contribution in [0.1, 0.15) is 18.4 Å². The van der Waals surface area contributed by atoms with Gasteiger partial charge in [-0.1, -0.05) is 12.1 Å². The second-order valence-corrected chi connectivity index (χ2v) is 4.40. The van der Waals surface area contributed by atoms with Crippen molar-refractivity contribution in [3.8, 4) is 5.75 Å². The number of amides is 2. The summed E-state index contributed by atoms with van der Waals surface area (Å²) < 4.78 is 0. The molecule has 0 saturated carbocycles. The number of benzene rings is 1. The van der Waals surface area contributed by atoms with Crippen LogP contribution in [0.4, 0.5) is 0 Å². The predicted octanol–water partition coefficient (Wildman–Crippen LogP) is 0.329. The van der Waals surface area contributed by atoms with Gasteiger partial charge in [0, 0.05) is 6.54 Å².